The molecule has 0 heterocycles. The molecule has 2 heteroatoms. The lowest BCUT2D eigenvalue weighted by atomic mass is 9.44. The minimum absolute atomic E-state index is 0.254. The van der Waals surface area contributed by atoms with Crippen LogP contribution in [0.15, 0.2) is 0 Å². The molecule has 0 unspecified atom stereocenters. The van der Waals surface area contributed by atoms with E-state index >= 15 is 0 Å². The van der Waals surface area contributed by atoms with Gasteiger partial charge in [0.15, 0.2) is 0 Å². The zero-order valence-corrected chi connectivity index (χ0v) is 19.9. The van der Waals surface area contributed by atoms with Gasteiger partial charge < -0.3 is 10.2 Å². The second-order valence-corrected chi connectivity index (χ2v) is 12.7. The highest BCUT2D eigenvalue weighted by molar-refractivity contribution is 5.11. The Morgan fingerprint density at radius 2 is 1.41 bits per heavy atom. The van der Waals surface area contributed by atoms with E-state index in [2.05, 4.69) is 34.6 Å². The molecule has 0 spiro atoms. The number of hydrogen-bond acceptors (Lipinski definition) is 2. The molecule has 168 valence electrons. The summed E-state index contributed by atoms with van der Waals surface area (Å²) >= 11 is 0. The molecule has 2 nitrogen and oxygen atoms in total. The maximum atomic E-state index is 10.8. The van der Waals surface area contributed by atoms with Crippen LogP contribution in [0.1, 0.15) is 105 Å². The van der Waals surface area contributed by atoms with Crippen molar-refractivity contribution in [2.75, 3.05) is 0 Å². The van der Waals surface area contributed by atoms with Gasteiger partial charge in [-0.1, -0.05) is 53.9 Å². The Hall–Kier alpha value is -0.0800. The molecule has 0 aromatic heterocycles. The molecule has 2 N–H and O–H groups in total. The largest absolute Gasteiger partial charge is 0.390 e. The van der Waals surface area contributed by atoms with Gasteiger partial charge in [-0.2, -0.15) is 0 Å². The predicted octanol–water partition coefficient (Wildman–Crippen LogP) is 6.44. The van der Waals surface area contributed by atoms with Crippen molar-refractivity contribution in [1.29, 1.82) is 0 Å². The quantitative estimate of drug-likeness (QED) is 0.553. The fourth-order valence-corrected chi connectivity index (χ4v) is 9.34. The average Bonchev–Trinajstić information content (AvgIpc) is 3.02. The molecule has 0 saturated heterocycles. The van der Waals surface area contributed by atoms with Gasteiger partial charge >= 0.3 is 0 Å². The molecular formula is C27H48O2. The van der Waals surface area contributed by atoms with E-state index in [1.165, 1.54) is 51.4 Å². The summed E-state index contributed by atoms with van der Waals surface area (Å²) < 4.78 is 0. The first-order chi connectivity index (χ1) is 13.7. The van der Waals surface area contributed by atoms with Gasteiger partial charge in [-0.05, 0) is 104 Å². The van der Waals surface area contributed by atoms with E-state index in [1.54, 1.807) is 0 Å². The molecule has 4 aliphatic carbocycles. The molecule has 10 atom stereocenters. The van der Waals surface area contributed by atoms with Crippen LogP contribution in [0.2, 0.25) is 0 Å². The maximum Gasteiger partial charge on any atom is 0.0832 e. The normalized spacial score (nSPS) is 50.7. The Balaban J connectivity index is 1.48. The molecule has 0 bridgehead atoms. The van der Waals surface area contributed by atoms with E-state index < -0.39 is 12.2 Å². The van der Waals surface area contributed by atoms with Crippen LogP contribution >= 0.6 is 0 Å². The molecule has 29 heavy (non-hydrogen) atoms. The third kappa shape index (κ3) is 3.63. The smallest absolute Gasteiger partial charge is 0.0832 e. The van der Waals surface area contributed by atoms with Crippen LogP contribution in [0.5, 0.6) is 0 Å². The Morgan fingerprint density at radius 3 is 2.14 bits per heavy atom. The van der Waals surface area contributed by atoms with Crippen LogP contribution in [-0.4, -0.2) is 22.4 Å². The van der Waals surface area contributed by atoms with Gasteiger partial charge in [0.2, 0.25) is 0 Å². The zero-order valence-electron chi connectivity index (χ0n) is 19.9. The van der Waals surface area contributed by atoms with Crippen molar-refractivity contribution in [3.05, 3.63) is 0 Å². The summed E-state index contributed by atoms with van der Waals surface area (Å²) in [5, 5.41) is 21.0. The Kier molecular flexibility index (Phi) is 6.19. The maximum absolute atomic E-state index is 10.8. The van der Waals surface area contributed by atoms with Gasteiger partial charge in [-0.25, -0.2) is 0 Å². The lowest BCUT2D eigenvalue weighted by molar-refractivity contribution is -0.174. The van der Waals surface area contributed by atoms with Crippen molar-refractivity contribution >= 4 is 0 Å². The summed E-state index contributed by atoms with van der Waals surface area (Å²) in [6.07, 6.45) is 13.3. The summed E-state index contributed by atoms with van der Waals surface area (Å²) in [4.78, 5) is 0. The van der Waals surface area contributed by atoms with Gasteiger partial charge in [0, 0.05) is 0 Å². The molecule has 0 aromatic rings. The molecule has 4 rings (SSSR count). The monoisotopic (exact) mass is 404 g/mol. The summed E-state index contributed by atoms with van der Waals surface area (Å²) in [6.45, 7) is 12.4. The first-order valence-electron chi connectivity index (χ1n) is 13.0. The fourth-order valence-electron chi connectivity index (χ4n) is 9.34. The third-order valence-corrected chi connectivity index (χ3v) is 10.9. The highest BCUT2D eigenvalue weighted by Crippen LogP contribution is 2.68. The zero-order chi connectivity index (χ0) is 21.0. The van der Waals surface area contributed by atoms with Crippen LogP contribution in [-0.2, 0) is 0 Å². The van der Waals surface area contributed by atoms with Crippen molar-refractivity contribution in [1.82, 2.24) is 0 Å². The van der Waals surface area contributed by atoms with Gasteiger partial charge in [0.25, 0.3) is 0 Å². The average molecular weight is 405 g/mol. The standard InChI is InChI=1S/C27H48O2/c1-17(2)7-6-8-18(3)20-11-12-21-19-9-10-23-25(29)24(28)14-16-27(23,5)22(19)13-15-26(20,21)4/h17-25,28-29H,6-16H2,1-5H3/t18-,19-,20+,21-,22-,23+,24+,25+,26+,27-/m1/s1. The molecular weight excluding hydrogens is 356 g/mol. The number of fused-ring (bicyclic) bond motifs is 5. The van der Waals surface area contributed by atoms with Gasteiger partial charge in [0.1, 0.15) is 0 Å². The van der Waals surface area contributed by atoms with Crippen molar-refractivity contribution < 1.29 is 10.2 Å². The lowest BCUT2D eigenvalue weighted by Crippen LogP contribution is -2.58. The summed E-state index contributed by atoms with van der Waals surface area (Å²) in [6, 6.07) is 0. The fraction of sp³-hybridized carbons (Fsp3) is 1.00. The van der Waals surface area contributed by atoms with E-state index in [-0.39, 0.29) is 5.41 Å². The van der Waals surface area contributed by atoms with E-state index in [0.717, 1.165) is 54.8 Å². The third-order valence-electron chi connectivity index (χ3n) is 10.9. The Morgan fingerprint density at radius 1 is 0.759 bits per heavy atom. The first kappa shape index (κ1) is 22.1. The second kappa shape index (κ2) is 8.12. The number of aliphatic hydroxyl groups excluding tert-OH is 2. The summed E-state index contributed by atoms with van der Waals surface area (Å²) in [5.74, 6) is 5.50. The second-order valence-electron chi connectivity index (χ2n) is 12.7. The van der Waals surface area contributed by atoms with Crippen LogP contribution < -0.4 is 0 Å². The number of rotatable bonds is 5. The van der Waals surface area contributed by atoms with Crippen molar-refractivity contribution in [3.63, 3.8) is 0 Å². The molecule has 4 fully saturated rings. The summed E-state index contributed by atoms with van der Waals surface area (Å²) in [7, 11) is 0. The highest BCUT2D eigenvalue weighted by Gasteiger charge is 2.61. The van der Waals surface area contributed by atoms with E-state index in [0.29, 0.717) is 11.3 Å². The van der Waals surface area contributed by atoms with Crippen LogP contribution in [0.3, 0.4) is 0 Å². The Labute approximate surface area is 180 Å². The molecule has 0 aromatic carbocycles. The van der Waals surface area contributed by atoms with Crippen LogP contribution in [0, 0.1) is 52.3 Å². The van der Waals surface area contributed by atoms with E-state index in [4.69, 9.17) is 0 Å². The minimum atomic E-state index is -0.486. The topological polar surface area (TPSA) is 40.5 Å². The molecule has 0 aliphatic heterocycles. The lowest BCUT2D eigenvalue weighted by Gasteiger charge is -2.62. The SMILES string of the molecule is CC(C)CCC[C@@H](C)[C@@H]1CC[C@@H]2[C@H]3CC[C@H]4[C@H](O)[C@@H](O)CC[C@]4(C)[C@@H]3CC[C@]21C. The first-order valence-corrected chi connectivity index (χ1v) is 13.0. The highest BCUT2D eigenvalue weighted by atomic mass is 16.3. The van der Waals surface area contributed by atoms with Crippen LogP contribution in [0.25, 0.3) is 0 Å². The number of aliphatic hydroxyl groups is 2. The molecule has 0 amide bonds. The van der Waals surface area contributed by atoms with Crippen molar-refractivity contribution in [2.45, 2.75) is 117 Å². The van der Waals surface area contributed by atoms with Gasteiger partial charge in [0.05, 0.1) is 12.2 Å². The number of hydrogen-bond donors (Lipinski definition) is 2. The van der Waals surface area contributed by atoms with E-state index in [1.807, 2.05) is 0 Å². The van der Waals surface area contributed by atoms with E-state index in [9.17, 15) is 10.2 Å². The Bertz CT molecular complexity index is 573. The summed E-state index contributed by atoms with van der Waals surface area (Å²) in [5.41, 5.74) is 0.804. The predicted molar refractivity (Wildman–Crippen MR) is 120 cm³/mol. The van der Waals surface area contributed by atoms with Crippen molar-refractivity contribution in [2.24, 2.45) is 52.3 Å². The van der Waals surface area contributed by atoms with Crippen LogP contribution in [0.4, 0.5) is 0 Å². The van der Waals surface area contributed by atoms with Gasteiger partial charge in [-0.3, -0.25) is 0 Å². The van der Waals surface area contributed by atoms with Crippen molar-refractivity contribution in [3.8, 4) is 0 Å². The minimum Gasteiger partial charge on any atom is -0.390 e. The van der Waals surface area contributed by atoms with Gasteiger partial charge in [-0.15, -0.1) is 0 Å². The molecule has 4 saturated carbocycles. The molecule has 4 aliphatic rings. The molecule has 0 radical (unpaired) electrons.